The maximum atomic E-state index is 12.5. The van der Waals surface area contributed by atoms with Gasteiger partial charge >= 0.3 is 0 Å². The summed E-state index contributed by atoms with van der Waals surface area (Å²) in [5.41, 5.74) is 5.87. The second-order valence-electron chi connectivity index (χ2n) is 5.28. The summed E-state index contributed by atoms with van der Waals surface area (Å²) in [7, 11) is 1.68. The number of carbonyl (C=O) groups is 1. The summed E-state index contributed by atoms with van der Waals surface area (Å²) in [6.07, 6.45) is 2.08. The lowest BCUT2D eigenvalue weighted by Crippen LogP contribution is -2.42. The quantitative estimate of drug-likeness (QED) is 0.886. The van der Waals surface area contributed by atoms with Gasteiger partial charge in [-0.25, -0.2) is 4.98 Å². The van der Waals surface area contributed by atoms with Gasteiger partial charge in [-0.05, 0) is 26.7 Å². The van der Waals surface area contributed by atoms with Crippen LogP contribution in [0.5, 0.6) is 0 Å². The predicted octanol–water partition coefficient (Wildman–Crippen LogP) is 1.80. The number of nitrogen functional groups attached to an aromatic ring is 1. The molecule has 1 atom stereocenters. The number of piperidine rings is 1. The van der Waals surface area contributed by atoms with E-state index in [2.05, 4.69) is 10.3 Å². The SMILES string of the molecule is COC1CCCN(C(=O)c2sc(NC(C)C)nc2N)C1. The Balaban J connectivity index is 2.10. The summed E-state index contributed by atoms with van der Waals surface area (Å²) < 4.78 is 5.35. The minimum atomic E-state index is -0.0430. The van der Waals surface area contributed by atoms with E-state index >= 15 is 0 Å². The zero-order chi connectivity index (χ0) is 14.7. The summed E-state index contributed by atoms with van der Waals surface area (Å²) in [5, 5.41) is 3.87. The molecule has 0 spiro atoms. The normalized spacial score (nSPS) is 19.4. The van der Waals surface area contributed by atoms with Crippen LogP contribution in [-0.4, -0.2) is 48.1 Å². The van der Waals surface area contributed by atoms with E-state index < -0.39 is 0 Å². The van der Waals surface area contributed by atoms with E-state index in [0.29, 0.717) is 22.4 Å². The van der Waals surface area contributed by atoms with E-state index in [1.54, 1.807) is 12.0 Å². The van der Waals surface area contributed by atoms with Crippen LogP contribution < -0.4 is 11.1 Å². The highest BCUT2D eigenvalue weighted by Gasteiger charge is 2.27. The predicted molar refractivity (Wildman–Crippen MR) is 81.2 cm³/mol. The molecule has 0 aromatic carbocycles. The van der Waals surface area contributed by atoms with Crippen molar-refractivity contribution in [3.8, 4) is 0 Å². The minimum absolute atomic E-state index is 0.0430. The lowest BCUT2D eigenvalue weighted by atomic mass is 10.1. The third-order valence-electron chi connectivity index (χ3n) is 3.26. The van der Waals surface area contributed by atoms with Crippen LogP contribution in [0.3, 0.4) is 0 Å². The molecule has 1 fully saturated rings. The molecule has 1 aromatic heterocycles. The summed E-state index contributed by atoms with van der Waals surface area (Å²) in [6, 6.07) is 0.261. The fraction of sp³-hybridized carbons (Fsp3) is 0.692. The van der Waals surface area contributed by atoms with Crippen LogP contribution in [0, 0.1) is 0 Å². The molecule has 2 rings (SSSR count). The molecule has 1 amide bonds. The number of anilines is 2. The molecule has 0 saturated carbocycles. The van der Waals surface area contributed by atoms with Gasteiger partial charge < -0.3 is 20.7 Å². The smallest absolute Gasteiger partial charge is 0.267 e. The standard InChI is InChI=1S/C13H22N4O2S/c1-8(2)15-13-16-11(14)10(20-13)12(18)17-6-4-5-9(7-17)19-3/h8-9H,4-7,14H2,1-3H3,(H,15,16). The molecular formula is C13H22N4O2S. The lowest BCUT2D eigenvalue weighted by Gasteiger charge is -2.31. The second-order valence-corrected chi connectivity index (χ2v) is 6.28. The molecule has 0 radical (unpaired) electrons. The van der Waals surface area contributed by atoms with Crippen molar-refractivity contribution in [2.24, 2.45) is 0 Å². The van der Waals surface area contributed by atoms with Gasteiger partial charge in [0.2, 0.25) is 0 Å². The molecule has 1 aliphatic heterocycles. The number of nitrogens with one attached hydrogen (secondary N) is 1. The van der Waals surface area contributed by atoms with Crippen LogP contribution in [0.4, 0.5) is 10.9 Å². The second kappa shape index (κ2) is 6.41. The monoisotopic (exact) mass is 298 g/mol. The summed E-state index contributed by atoms with van der Waals surface area (Å²) in [4.78, 5) is 19.1. The molecule has 0 bridgehead atoms. The fourth-order valence-electron chi connectivity index (χ4n) is 2.25. The van der Waals surface area contributed by atoms with Crippen molar-refractivity contribution in [3.63, 3.8) is 0 Å². The van der Waals surface area contributed by atoms with Crippen molar-refractivity contribution in [1.82, 2.24) is 9.88 Å². The Labute approximate surface area is 123 Å². The number of thiazole rings is 1. The number of rotatable bonds is 4. The first-order valence-electron chi connectivity index (χ1n) is 6.86. The Morgan fingerprint density at radius 3 is 3.00 bits per heavy atom. The maximum absolute atomic E-state index is 12.5. The van der Waals surface area contributed by atoms with Crippen molar-refractivity contribution >= 4 is 28.2 Å². The van der Waals surface area contributed by atoms with E-state index in [4.69, 9.17) is 10.5 Å². The highest BCUT2D eigenvalue weighted by atomic mass is 32.1. The average molecular weight is 298 g/mol. The molecule has 1 saturated heterocycles. The molecule has 20 heavy (non-hydrogen) atoms. The first-order valence-corrected chi connectivity index (χ1v) is 7.67. The highest BCUT2D eigenvalue weighted by molar-refractivity contribution is 7.18. The summed E-state index contributed by atoms with van der Waals surface area (Å²) in [6.45, 7) is 5.42. The van der Waals surface area contributed by atoms with E-state index in [-0.39, 0.29) is 18.1 Å². The first-order chi connectivity index (χ1) is 9.51. The number of methoxy groups -OCH3 is 1. The number of hydrogen-bond acceptors (Lipinski definition) is 6. The molecule has 0 aliphatic carbocycles. The van der Waals surface area contributed by atoms with Crippen LogP contribution in [-0.2, 0) is 4.74 Å². The van der Waals surface area contributed by atoms with Gasteiger partial charge in [0.25, 0.3) is 5.91 Å². The average Bonchev–Trinajstić information content (AvgIpc) is 2.77. The molecule has 2 heterocycles. The van der Waals surface area contributed by atoms with Gasteiger partial charge in [-0.3, -0.25) is 4.79 Å². The topological polar surface area (TPSA) is 80.5 Å². The molecule has 6 nitrogen and oxygen atoms in total. The van der Waals surface area contributed by atoms with Gasteiger partial charge in [-0.2, -0.15) is 0 Å². The van der Waals surface area contributed by atoms with Gasteiger partial charge in [-0.1, -0.05) is 11.3 Å². The van der Waals surface area contributed by atoms with Crippen molar-refractivity contribution in [1.29, 1.82) is 0 Å². The van der Waals surface area contributed by atoms with Crippen molar-refractivity contribution < 1.29 is 9.53 Å². The molecule has 1 unspecified atom stereocenters. The molecule has 112 valence electrons. The number of aromatic nitrogens is 1. The van der Waals surface area contributed by atoms with Crippen LogP contribution in [0.15, 0.2) is 0 Å². The number of amides is 1. The summed E-state index contributed by atoms with van der Waals surface area (Å²) in [5.74, 6) is 0.265. The maximum Gasteiger partial charge on any atom is 0.267 e. The zero-order valence-corrected chi connectivity index (χ0v) is 13.0. The van der Waals surface area contributed by atoms with E-state index in [1.807, 2.05) is 13.8 Å². The number of ether oxygens (including phenoxy) is 1. The highest BCUT2D eigenvalue weighted by Crippen LogP contribution is 2.28. The Morgan fingerprint density at radius 2 is 2.35 bits per heavy atom. The van der Waals surface area contributed by atoms with E-state index in [1.165, 1.54) is 11.3 Å². The van der Waals surface area contributed by atoms with Crippen LogP contribution in [0.25, 0.3) is 0 Å². The lowest BCUT2D eigenvalue weighted by molar-refractivity contribution is 0.0272. The number of hydrogen-bond donors (Lipinski definition) is 2. The van der Waals surface area contributed by atoms with Gasteiger partial charge in [0.1, 0.15) is 10.7 Å². The minimum Gasteiger partial charge on any atom is -0.382 e. The van der Waals surface area contributed by atoms with Gasteiger partial charge in [0, 0.05) is 26.2 Å². The van der Waals surface area contributed by atoms with Crippen molar-refractivity contribution in [3.05, 3.63) is 4.88 Å². The van der Waals surface area contributed by atoms with E-state index in [9.17, 15) is 4.79 Å². The number of carbonyl (C=O) groups excluding carboxylic acids is 1. The largest absolute Gasteiger partial charge is 0.382 e. The molecule has 7 heteroatoms. The zero-order valence-electron chi connectivity index (χ0n) is 12.2. The number of nitrogens with zero attached hydrogens (tertiary/aromatic N) is 2. The third kappa shape index (κ3) is 3.40. The Hall–Kier alpha value is -1.34. The molecular weight excluding hydrogens is 276 g/mol. The van der Waals surface area contributed by atoms with Crippen LogP contribution in [0.2, 0.25) is 0 Å². The van der Waals surface area contributed by atoms with Crippen LogP contribution in [0.1, 0.15) is 36.4 Å². The van der Waals surface area contributed by atoms with Crippen molar-refractivity contribution in [2.75, 3.05) is 31.2 Å². The Bertz CT molecular complexity index is 475. The first kappa shape index (κ1) is 15.1. The van der Waals surface area contributed by atoms with Crippen molar-refractivity contribution in [2.45, 2.75) is 38.8 Å². The summed E-state index contributed by atoms with van der Waals surface area (Å²) >= 11 is 1.32. The third-order valence-corrected chi connectivity index (χ3v) is 4.25. The van der Waals surface area contributed by atoms with Gasteiger partial charge in [-0.15, -0.1) is 0 Å². The fourth-order valence-corrected chi connectivity index (χ4v) is 3.25. The molecule has 1 aliphatic rings. The Kier molecular flexibility index (Phi) is 4.82. The van der Waals surface area contributed by atoms with Crippen LogP contribution >= 0.6 is 11.3 Å². The number of likely N-dealkylation sites (tertiary alicyclic amines) is 1. The Morgan fingerprint density at radius 1 is 1.60 bits per heavy atom. The number of nitrogens with two attached hydrogens (primary N) is 1. The molecule has 3 N–H and O–H groups in total. The van der Waals surface area contributed by atoms with Gasteiger partial charge in [0.15, 0.2) is 5.13 Å². The van der Waals surface area contributed by atoms with E-state index in [0.717, 1.165) is 19.4 Å². The molecule has 1 aromatic rings. The van der Waals surface area contributed by atoms with Gasteiger partial charge in [0.05, 0.1) is 6.10 Å².